The maximum Gasteiger partial charge on any atom is 0.417 e. The lowest BCUT2D eigenvalue weighted by Crippen LogP contribution is -2.57. The third-order valence-electron chi connectivity index (χ3n) is 12.3. The topological polar surface area (TPSA) is 194 Å². The third-order valence-corrected chi connectivity index (χ3v) is 13.3. The molecule has 70 heavy (non-hydrogen) atoms. The number of β-amino-alcohol motifs (C(OH)–C–C–N with tert-alkyl or cyclic N) is 1. The van der Waals surface area contributed by atoms with Crippen LogP contribution in [-0.2, 0) is 36.6 Å². The Labute approximate surface area is 409 Å². The van der Waals surface area contributed by atoms with E-state index in [4.69, 9.17) is 14.7 Å². The number of halogens is 3. The number of imide groups is 1. The summed E-state index contributed by atoms with van der Waals surface area (Å²) in [4.78, 5) is 76.1. The number of alkyl halides is 3. The molecule has 1 aromatic heterocycles. The Kier molecular flexibility index (Phi) is 17.1. The lowest BCUT2D eigenvalue weighted by molar-refractivity contribution is -0.144. The zero-order valence-electron chi connectivity index (χ0n) is 40.2. The third kappa shape index (κ3) is 12.7. The number of aromatic nitrogens is 1. The standard InChI is InChI=1S/C51H60F3N7O8S/c1-32-43(70-31-57-32)34-15-13-33(14-16-34)29-56-45(64)41-27-38(62)30-59(41)46(65)44(49(2,3)4)58-42(63)12-8-11-24-68-23-9-7-10-25-69-39-21-19-36(20-22-39)61-48(67)60(47(66)50(61,5)6)37-18-17-35(28-55)40(26-37)51(52,53)54/h13-22,26,31,38,41,44,62H,7-12,23-25,27,29-30H2,1-6H3,(H,56,64)(H,58,63)/t38-,41+,44?/m1/s1. The van der Waals surface area contributed by atoms with Gasteiger partial charge in [0.25, 0.3) is 5.91 Å². The van der Waals surface area contributed by atoms with Crippen LogP contribution >= 0.6 is 11.3 Å². The molecule has 3 aromatic carbocycles. The second-order valence-electron chi connectivity index (χ2n) is 19.1. The van der Waals surface area contributed by atoms with Crippen LogP contribution in [0.15, 0.2) is 72.2 Å². The van der Waals surface area contributed by atoms with Crippen LogP contribution in [0.1, 0.15) is 102 Å². The number of rotatable bonds is 20. The molecule has 4 aromatic rings. The number of urea groups is 1. The molecular formula is C51H60F3N7O8S. The number of nitrogens with one attached hydrogen (secondary N) is 2. The van der Waals surface area contributed by atoms with Crippen molar-refractivity contribution in [3.8, 4) is 22.3 Å². The molecule has 2 aliphatic heterocycles. The zero-order valence-corrected chi connectivity index (χ0v) is 41.0. The van der Waals surface area contributed by atoms with Gasteiger partial charge in [0.1, 0.15) is 23.4 Å². The van der Waals surface area contributed by atoms with E-state index in [0.717, 1.165) is 53.1 Å². The molecule has 15 nitrogen and oxygen atoms in total. The Balaban J connectivity index is 0.867. The van der Waals surface area contributed by atoms with Crippen LogP contribution in [0.3, 0.4) is 0 Å². The van der Waals surface area contributed by atoms with Gasteiger partial charge >= 0.3 is 12.2 Å². The highest BCUT2D eigenvalue weighted by atomic mass is 32.1. The molecule has 1 unspecified atom stereocenters. The number of anilines is 2. The summed E-state index contributed by atoms with van der Waals surface area (Å²) < 4.78 is 52.6. The maximum atomic E-state index is 14.0. The van der Waals surface area contributed by atoms with E-state index in [-0.39, 0.29) is 43.4 Å². The number of nitriles is 1. The van der Waals surface area contributed by atoms with Crippen LogP contribution in [0.5, 0.6) is 5.75 Å². The summed E-state index contributed by atoms with van der Waals surface area (Å²) in [5.74, 6) is -1.28. The van der Waals surface area contributed by atoms with Crippen molar-refractivity contribution in [2.75, 3.05) is 36.2 Å². The van der Waals surface area contributed by atoms with E-state index < -0.39 is 64.3 Å². The number of hydrogen-bond donors (Lipinski definition) is 3. The number of carbonyl (C=O) groups excluding carboxylic acids is 5. The van der Waals surface area contributed by atoms with E-state index in [1.807, 2.05) is 52.0 Å². The molecule has 6 amide bonds. The van der Waals surface area contributed by atoms with Crippen LogP contribution in [0.25, 0.3) is 10.4 Å². The van der Waals surface area contributed by atoms with E-state index in [1.54, 1.807) is 41.1 Å². The predicted molar refractivity (Wildman–Crippen MR) is 258 cm³/mol. The Morgan fingerprint density at radius 1 is 0.943 bits per heavy atom. The van der Waals surface area contributed by atoms with Crippen LogP contribution in [0.4, 0.5) is 29.3 Å². The molecule has 0 saturated carbocycles. The number of amides is 6. The normalized spacial score (nSPS) is 17.4. The predicted octanol–water partition coefficient (Wildman–Crippen LogP) is 8.31. The highest BCUT2D eigenvalue weighted by Gasteiger charge is 2.53. The summed E-state index contributed by atoms with van der Waals surface area (Å²) in [5.41, 5.74) is 0.775. The summed E-state index contributed by atoms with van der Waals surface area (Å²) in [6.45, 7) is 12.1. The number of aryl methyl sites for hydroxylation is 1. The first-order chi connectivity index (χ1) is 33.1. The minimum Gasteiger partial charge on any atom is -0.494 e. The van der Waals surface area contributed by atoms with Crippen LogP contribution < -0.4 is 25.2 Å². The average Bonchev–Trinajstić information content (AvgIpc) is 3.98. The second-order valence-corrected chi connectivity index (χ2v) is 19.9. The first-order valence-electron chi connectivity index (χ1n) is 23.3. The largest absolute Gasteiger partial charge is 0.494 e. The summed E-state index contributed by atoms with van der Waals surface area (Å²) >= 11 is 1.56. The number of nitrogens with zero attached hydrogens (tertiary/aromatic N) is 5. The van der Waals surface area contributed by atoms with Gasteiger partial charge in [0.2, 0.25) is 17.7 Å². The van der Waals surface area contributed by atoms with Crippen molar-refractivity contribution in [2.24, 2.45) is 5.41 Å². The number of aliphatic hydroxyl groups excluding tert-OH is 1. The average molecular weight is 988 g/mol. The number of carbonyl (C=O) groups is 5. The fourth-order valence-electron chi connectivity index (χ4n) is 8.43. The molecule has 2 aliphatic rings. The van der Waals surface area contributed by atoms with Gasteiger partial charge in [0.15, 0.2) is 0 Å². The van der Waals surface area contributed by atoms with Gasteiger partial charge in [-0.1, -0.05) is 45.0 Å². The van der Waals surface area contributed by atoms with E-state index in [9.17, 15) is 42.3 Å². The Bertz CT molecular complexity index is 2550. The van der Waals surface area contributed by atoms with Gasteiger partial charge in [0, 0.05) is 44.8 Å². The second kappa shape index (κ2) is 22.6. The molecule has 19 heteroatoms. The lowest BCUT2D eigenvalue weighted by Gasteiger charge is -2.35. The lowest BCUT2D eigenvalue weighted by atomic mass is 9.85. The quantitative estimate of drug-likeness (QED) is 0.0573. The first kappa shape index (κ1) is 53.0. The van der Waals surface area contributed by atoms with Crippen molar-refractivity contribution in [3.63, 3.8) is 0 Å². The molecule has 6 rings (SSSR count). The van der Waals surface area contributed by atoms with Gasteiger partial charge in [0.05, 0.1) is 51.7 Å². The minimum atomic E-state index is -4.87. The molecular weight excluding hydrogens is 928 g/mol. The number of hydrogen-bond acceptors (Lipinski definition) is 11. The zero-order chi connectivity index (χ0) is 51.0. The summed E-state index contributed by atoms with van der Waals surface area (Å²) in [6.07, 6.45) is -1.95. The highest BCUT2D eigenvalue weighted by Crippen LogP contribution is 2.40. The van der Waals surface area contributed by atoms with Crippen molar-refractivity contribution in [2.45, 2.75) is 123 Å². The van der Waals surface area contributed by atoms with Gasteiger partial charge in [-0.05, 0) is 112 Å². The molecule has 0 aliphatic carbocycles. The van der Waals surface area contributed by atoms with Crippen molar-refractivity contribution < 1.29 is 51.7 Å². The van der Waals surface area contributed by atoms with Crippen molar-refractivity contribution in [1.82, 2.24) is 20.5 Å². The minimum absolute atomic E-state index is 0.0120. The van der Waals surface area contributed by atoms with Crippen LogP contribution in [0, 0.1) is 23.7 Å². The van der Waals surface area contributed by atoms with Gasteiger partial charge in [-0.15, -0.1) is 11.3 Å². The molecule has 0 radical (unpaired) electrons. The monoisotopic (exact) mass is 987 g/mol. The fourth-order valence-corrected chi connectivity index (χ4v) is 9.24. The maximum absolute atomic E-state index is 14.0. The molecule has 3 atom stereocenters. The van der Waals surface area contributed by atoms with E-state index >= 15 is 0 Å². The van der Waals surface area contributed by atoms with Crippen LogP contribution in [-0.4, -0.2) is 94.7 Å². The van der Waals surface area contributed by atoms with Gasteiger partial charge < -0.3 is 30.1 Å². The van der Waals surface area contributed by atoms with Crippen molar-refractivity contribution >= 4 is 52.4 Å². The molecule has 3 heterocycles. The molecule has 2 fully saturated rings. The summed E-state index contributed by atoms with van der Waals surface area (Å²) in [7, 11) is 0. The smallest absolute Gasteiger partial charge is 0.417 e. The van der Waals surface area contributed by atoms with E-state index in [2.05, 4.69) is 15.6 Å². The number of likely N-dealkylation sites (tertiary alicyclic amines) is 1. The Morgan fingerprint density at radius 2 is 1.60 bits per heavy atom. The molecule has 3 N–H and O–H groups in total. The molecule has 0 spiro atoms. The van der Waals surface area contributed by atoms with Crippen molar-refractivity contribution in [1.29, 1.82) is 5.26 Å². The van der Waals surface area contributed by atoms with Gasteiger partial charge in [-0.25, -0.2) is 14.7 Å². The summed E-state index contributed by atoms with van der Waals surface area (Å²) in [6, 6.07) is 15.9. The van der Waals surface area contributed by atoms with Crippen LogP contribution in [0.2, 0.25) is 0 Å². The number of thiazole rings is 1. The van der Waals surface area contributed by atoms with Gasteiger partial charge in [-0.3, -0.25) is 24.1 Å². The molecule has 374 valence electrons. The van der Waals surface area contributed by atoms with E-state index in [1.165, 1.54) is 29.7 Å². The fraction of sp³-hybridized carbons (Fsp3) is 0.471. The molecule has 2 saturated heterocycles. The SMILES string of the molecule is Cc1ncsc1-c1ccc(CNC(=O)[C@@H]2C[C@@H](O)CN2C(=O)C(NC(=O)CCCCOCCCCCOc2ccc(N3C(=O)N(c4ccc(C#N)c(C(F)(F)F)c4)C(=O)C3(C)C)cc2)C(C)(C)C)cc1. The Hall–Kier alpha value is -6.36. The van der Waals surface area contributed by atoms with Gasteiger partial charge in [-0.2, -0.15) is 18.4 Å². The molecule has 0 bridgehead atoms. The number of unbranched alkanes of at least 4 members (excludes halogenated alkanes) is 3. The highest BCUT2D eigenvalue weighted by molar-refractivity contribution is 7.13. The number of aliphatic hydroxyl groups is 1. The first-order valence-corrected chi connectivity index (χ1v) is 24.2. The Morgan fingerprint density at radius 3 is 2.23 bits per heavy atom. The summed E-state index contributed by atoms with van der Waals surface area (Å²) in [5, 5.41) is 25.5. The van der Waals surface area contributed by atoms with E-state index in [0.29, 0.717) is 55.1 Å². The number of benzene rings is 3. The number of ether oxygens (including phenoxy) is 2. The van der Waals surface area contributed by atoms with Crippen molar-refractivity contribution in [3.05, 3.63) is 94.6 Å².